The van der Waals surface area contributed by atoms with Crippen molar-refractivity contribution in [3.63, 3.8) is 0 Å². The van der Waals surface area contributed by atoms with Crippen LogP contribution in [0.25, 0.3) is 0 Å². The van der Waals surface area contributed by atoms with Crippen LogP contribution in [0.1, 0.15) is 40.0 Å². The van der Waals surface area contributed by atoms with E-state index in [1.807, 2.05) is 0 Å². The molecule has 6 nitrogen and oxygen atoms in total. The van der Waals surface area contributed by atoms with Crippen LogP contribution in [0, 0.1) is 0 Å². The van der Waals surface area contributed by atoms with Crippen LogP contribution in [0.5, 0.6) is 0 Å². The van der Waals surface area contributed by atoms with Gasteiger partial charge in [-0.1, -0.05) is 20.8 Å². The predicted molar refractivity (Wildman–Crippen MR) is 64.2 cm³/mol. The molecule has 0 heterocycles. The summed E-state index contributed by atoms with van der Waals surface area (Å²) >= 11 is 0. The fourth-order valence-electron chi connectivity index (χ4n) is 0. The van der Waals surface area contributed by atoms with Gasteiger partial charge in [-0.25, -0.2) is 0 Å². The number of nitrogens with two attached hydrogens (primary N) is 3. The number of rotatable bonds is 3. The summed E-state index contributed by atoms with van der Waals surface area (Å²) in [6.07, 6.45) is 1.33. The third kappa shape index (κ3) is 71.8. The third-order valence-electron chi connectivity index (χ3n) is 1.05. The molecule has 0 spiro atoms. The molecule has 3 amide bonds. The van der Waals surface area contributed by atoms with Gasteiger partial charge in [-0.15, -0.1) is 0 Å². The predicted octanol–water partition coefficient (Wildman–Crippen LogP) is -0.736. The quantitative estimate of drug-likeness (QED) is 0.629. The molecule has 3 radical (unpaired) electrons. The summed E-state index contributed by atoms with van der Waals surface area (Å²) in [4.78, 5) is 28.8. The second-order valence-corrected chi connectivity index (χ2v) is 2.46. The first-order valence-electron chi connectivity index (χ1n) is 4.66. The Labute approximate surface area is 115 Å². The fourth-order valence-corrected chi connectivity index (χ4v) is 0. The van der Waals surface area contributed by atoms with Crippen molar-refractivity contribution in [3.8, 4) is 0 Å². The van der Waals surface area contributed by atoms with Crippen LogP contribution in [0.4, 0.5) is 0 Å². The Kier molecular flexibility index (Phi) is 30.3. The van der Waals surface area contributed by atoms with Crippen LogP contribution >= 0.6 is 0 Å². The van der Waals surface area contributed by atoms with E-state index in [1.165, 1.54) is 0 Å². The summed E-state index contributed by atoms with van der Waals surface area (Å²) in [5.74, 6) is -0.736. The van der Waals surface area contributed by atoms with E-state index in [4.69, 9.17) is 0 Å². The Hall–Kier alpha value is -0.720. The number of carbonyl (C=O) groups excluding carboxylic acids is 3. The molecule has 0 saturated carbocycles. The Morgan fingerprint density at radius 2 is 0.750 bits per heavy atom. The third-order valence-corrected chi connectivity index (χ3v) is 1.05. The van der Waals surface area contributed by atoms with Crippen molar-refractivity contribution in [1.29, 1.82) is 0 Å². The second kappa shape index (κ2) is 19.8. The summed E-state index contributed by atoms with van der Waals surface area (Å²) < 4.78 is 0. The maximum absolute atomic E-state index is 9.59. The second-order valence-electron chi connectivity index (χ2n) is 2.46. The van der Waals surface area contributed by atoms with Gasteiger partial charge in [-0.3, -0.25) is 14.4 Å². The molecule has 0 aromatic heterocycles. The first kappa shape index (κ1) is 24.5. The normalized spacial score (nSPS) is 6.94. The molecule has 0 fully saturated rings. The van der Waals surface area contributed by atoms with E-state index in [2.05, 4.69) is 17.2 Å². The Balaban J connectivity index is -0.0000000655. The molecule has 0 aliphatic carbocycles. The van der Waals surface area contributed by atoms with Crippen LogP contribution in [-0.4, -0.2) is 43.6 Å². The first-order valence-corrected chi connectivity index (χ1v) is 4.66. The summed E-state index contributed by atoms with van der Waals surface area (Å²) in [6, 6.07) is 0. The molecule has 0 atom stereocenters. The van der Waals surface area contributed by atoms with E-state index >= 15 is 0 Å². The minimum absolute atomic E-state index is 0. The maximum Gasteiger partial charge on any atom is 0.217 e. The standard InChI is InChI=1S/3C3H7NO.In/c3*1-2-3(4)5;/h3*2H2,1H3,(H2,4,5);. The number of amides is 3. The molecule has 0 rings (SSSR count). The molecule has 6 N–H and O–H groups in total. The zero-order valence-electron chi connectivity index (χ0n) is 10.2. The van der Waals surface area contributed by atoms with Gasteiger partial charge in [0, 0.05) is 45.1 Å². The molecule has 7 heteroatoms. The van der Waals surface area contributed by atoms with Crippen LogP contribution in [-0.2, 0) is 14.4 Å². The molecule has 0 aliphatic heterocycles. The molecule has 0 aromatic carbocycles. The minimum Gasteiger partial charge on any atom is -0.370 e. The van der Waals surface area contributed by atoms with Crippen LogP contribution in [0.3, 0.4) is 0 Å². The topological polar surface area (TPSA) is 129 Å². The summed E-state index contributed by atoms with van der Waals surface area (Å²) in [5, 5.41) is 0. The van der Waals surface area contributed by atoms with E-state index in [0.29, 0.717) is 19.3 Å². The Bertz CT molecular complexity index is 165. The van der Waals surface area contributed by atoms with Gasteiger partial charge in [0.2, 0.25) is 17.7 Å². The van der Waals surface area contributed by atoms with E-state index in [-0.39, 0.29) is 43.6 Å². The maximum atomic E-state index is 9.59. The fraction of sp³-hybridized carbons (Fsp3) is 0.667. The van der Waals surface area contributed by atoms with Crippen molar-refractivity contribution in [1.82, 2.24) is 0 Å². The smallest absolute Gasteiger partial charge is 0.217 e. The summed E-state index contributed by atoms with van der Waals surface area (Å²) in [7, 11) is 0. The average Bonchev–Trinajstić information content (AvgIpc) is 2.19. The average molecular weight is 334 g/mol. The number of hydrogen-bond donors (Lipinski definition) is 3. The van der Waals surface area contributed by atoms with E-state index in [9.17, 15) is 14.4 Å². The first-order chi connectivity index (χ1) is 6.81. The van der Waals surface area contributed by atoms with Gasteiger partial charge in [0.1, 0.15) is 0 Å². The van der Waals surface area contributed by atoms with Crippen LogP contribution in [0.2, 0.25) is 0 Å². The molecule has 0 unspecified atom stereocenters. The molecular formula is C9H21InN3O3. The monoisotopic (exact) mass is 334 g/mol. The zero-order valence-corrected chi connectivity index (χ0v) is 13.5. The van der Waals surface area contributed by atoms with Gasteiger partial charge in [0.25, 0.3) is 0 Å². The van der Waals surface area contributed by atoms with Crippen molar-refractivity contribution in [3.05, 3.63) is 0 Å². The molecule has 0 bridgehead atoms. The van der Waals surface area contributed by atoms with E-state index in [0.717, 1.165) is 0 Å². The SMILES string of the molecule is CCC(N)=O.CCC(N)=O.CCC(N)=O.[In]. The molecule has 0 aliphatic rings. The molecule has 0 aromatic rings. The van der Waals surface area contributed by atoms with Gasteiger partial charge in [-0.05, 0) is 0 Å². The van der Waals surface area contributed by atoms with Crippen molar-refractivity contribution >= 4 is 43.6 Å². The van der Waals surface area contributed by atoms with Gasteiger partial charge in [0.05, 0.1) is 0 Å². The summed E-state index contributed by atoms with van der Waals surface area (Å²) in [5.41, 5.74) is 14.0. The Morgan fingerprint density at radius 1 is 0.688 bits per heavy atom. The molecular weight excluding hydrogens is 313 g/mol. The van der Waals surface area contributed by atoms with E-state index in [1.54, 1.807) is 20.8 Å². The Morgan fingerprint density at radius 3 is 0.750 bits per heavy atom. The van der Waals surface area contributed by atoms with Crippen molar-refractivity contribution in [2.45, 2.75) is 40.0 Å². The van der Waals surface area contributed by atoms with Crippen LogP contribution < -0.4 is 17.2 Å². The van der Waals surface area contributed by atoms with Gasteiger partial charge >= 0.3 is 0 Å². The number of primary amides is 3. The van der Waals surface area contributed by atoms with Crippen molar-refractivity contribution in [2.75, 3.05) is 0 Å². The molecule has 93 valence electrons. The van der Waals surface area contributed by atoms with Gasteiger partial charge < -0.3 is 17.2 Å². The number of hydrogen-bond acceptors (Lipinski definition) is 3. The van der Waals surface area contributed by atoms with Gasteiger partial charge in [0.15, 0.2) is 0 Å². The largest absolute Gasteiger partial charge is 0.370 e. The molecule has 0 saturated heterocycles. The van der Waals surface area contributed by atoms with E-state index < -0.39 is 0 Å². The van der Waals surface area contributed by atoms with Gasteiger partial charge in [-0.2, -0.15) is 0 Å². The number of carbonyl (C=O) groups is 3. The minimum atomic E-state index is -0.245. The summed E-state index contributed by atoms with van der Waals surface area (Å²) in [6.45, 7) is 5.17. The van der Waals surface area contributed by atoms with Crippen molar-refractivity contribution in [2.24, 2.45) is 17.2 Å². The van der Waals surface area contributed by atoms with Crippen molar-refractivity contribution < 1.29 is 14.4 Å². The molecule has 16 heavy (non-hydrogen) atoms. The zero-order chi connectivity index (χ0) is 12.9. The van der Waals surface area contributed by atoms with Crippen LogP contribution in [0.15, 0.2) is 0 Å².